The SMILES string of the molecule is CCCCOC(COC(=O)c1ccccc1C(=O)OCC(OCCCC)(OCCCC)OCCCC)(OCCCC)OCCCC. The minimum atomic E-state index is -1.54. The van der Waals surface area contributed by atoms with Crippen LogP contribution in [0.4, 0.5) is 0 Å². The lowest BCUT2D eigenvalue weighted by molar-refractivity contribution is -0.391. The number of hydrogen-bond donors (Lipinski definition) is 0. The van der Waals surface area contributed by atoms with E-state index < -0.39 is 23.9 Å². The van der Waals surface area contributed by atoms with Crippen LogP contribution in [0, 0.1) is 0 Å². The zero-order valence-electron chi connectivity index (χ0n) is 29.5. The molecule has 0 spiro atoms. The summed E-state index contributed by atoms with van der Waals surface area (Å²) in [5.74, 6) is -4.52. The molecule has 0 heterocycles. The molecule has 1 aromatic rings. The highest BCUT2D eigenvalue weighted by molar-refractivity contribution is 6.03. The molecular weight excluding hydrogens is 592 g/mol. The Morgan fingerprint density at radius 1 is 0.457 bits per heavy atom. The van der Waals surface area contributed by atoms with Crippen LogP contribution in [0.15, 0.2) is 24.3 Å². The predicted molar refractivity (Wildman–Crippen MR) is 178 cm³/mol. The minimum Gasteiger partial charge on any atom is -0.453 e. The summed E-state index contributed by atoms with van der Waals surface area (Å²) in [4.78, 5) is 26.9. The van der Waals surface area contributed by atoms with Crippen LogP contribution >= 0.6 is 0 Å². The van der Waals surface area contributed by atoms with Crippen molar-refractivity contribution in [2.24, 2.45) is 0 Å². The molecule has 1 rings (SSSR count). The predicted octanol–water partition coefficient (Wildman–Crippen LogP) is 8.21. The summed E-state index contributed by atoms with van der Waals surface area (Å²) in [5, 5.41) is 0. The average molecular weight is 655 g/mol. The maximum Gasteiger partial charge on any atom is 0.339 e. The third-order valence-corrected chi connectivity index (χ3v) is 7.05. The van der Waals surface area contributed by atoms with Gasteiger partial charge in [0.05, 0.1) is 50.8 Å². The molecule has 0 fully saturated rings. The second kappa shape index (κ2) is 25.9. The Kier molecular flexibility index (Phi) is 23.7. The quantitative estimate of drug-likeness (QED) is 0.0457. The summed E-state index contributed by atoms with van der Waals surface area (Å²) < 4.78 is 47.9. The van der Waals surface area contributed by atoms with Gasteiger partial charge in [0.25, 0.3) is 0 Å². The van der Waals surface area contributed by atoms with Crippen molar-refractivity contribution in [1.29, 1.82) is 0 Å². The fourth-order valence-corrected chi connectivity index (χ4v) is 4.03. The number of benzene rings is 1. The Morgan fingerprint density at radius 3 is 0.913 bits per heavy atom. The molecule has 266 valence electrons. The van der Waals surface area contributed by atoms with E-state index >= 15 is 0 Å². The monoisotopic (exact) mass is 654 g/mol. The highest BCUT2D eigenvalue weighted by atomic mass is 16.9. The van der Waals surface area contributed by atoms with Crippen LogP contribution in [0.25, 0.3) is 0 Å². The second-order valence-electron chi connectivity index (χ2n) is 11.3. The lowest BCUT2D eigenvalue weighted by Crippen LogP contribution is -2.46. The second-order valence-corrected chi connectivity index (χ2v) is 11.3. The third-order valence-electron chi connectivity index (χ3n) is 7.05. The number of ether oxygens (including phenoxy) is 8. The summed E-state index contributed by atoms with van der Waals surface area (Å²) in [6, 6.07) is 6.37. The first-order chi connectivity index (χ1) is 22.4. The van der Waals surface area contributed by atoms with Crippen molar-refractivity contribution in [3.63, 3.8) is 0 Å². The maximum absolute atomic E-state index is 13.5. The van der Waals surface area contributed by atoms with Crippen LogP contribution in [-0.2, 0) is 37.9 Å². The molecule has 0 saturated carbocycles. The first-order valence-electron chi connectivity index (χ1n) is 17.6. The highest BCUT2D eigenvalue weighted by Gasteiger charge is 2.38. The number of unbranched alkanes of at least 4 members (excludes halogenated alkanes) is 6. The summed E-state index contributed by atoms with van der Waals surface area (Å²) in [6.45, 7) is 14.1. The molecule has 0 radical (unpaired) electrons. The zero-order valence-corrected chi connectivity index (χ0v) is 29.5. The van der Waals surface area contributed by atoms with Crippen LogP contribution in [0.3, 0.4) is 0 Å². The normalized spacial score (nSPS) is 12.0. The molecule has 0 bridgehead atoms. The molecule has 46 heavy (non-hydrogen) atoms. The summed E-state index contributed by atoms with van der Waals surface area (Å²) >= 11 is 0. The van der Waals surface area contributed by atoms with Gasteiger partial charge in [-0.3, -0.25) is 0 Å². The number of esters is 2. The van der Waals surface area contributed by atoms with Crippen molar-refractivity contribution in [3.8, 4) is 0 Å². The van der Waals surface area contributed by atoms with Gasteiger partial charge in [0.15, 0.2) is 13.2 Å². The molecule has 0 saturated heterocycles. The Bertz CT molecular complexity index is 796. The summed E-state index contributed by atoms with van der Waals surface area (Å²) in [5.41, 5.74) is 0.0988. The van der Waals surface area contributed by atoms with Gasteiger partial charge < -0.3 is 37.9 Å². The lowest BCUT2D eigenvalue weighted by Gasteiger charge is -2.33. The fourth-order valence-electron chi connectivity index (χ4n) is 4.03. The van der Waals surface area contributed by atoms with Gasteiger partial charge in [0.2, 0.25) is 0 Å². The topological polar surface area (TPSA) is 108 Å². The molecule has 0 N–H and O–H groups in total. The van der Waals surface area contributed by atoms with E-state index in [-0.39, 0.29) is 24.3 Å². The Balaban J connectivity index is 3.16. The molecule has 0 unspecified atom stereocenters. The zero-order chi connectivity index (χ0) is 33.9. The molecule has 1 aromatic carbocycles. The van der Waals surface area contributed by atoms with Crippen LogP contribution in [0.5, 0.6) is 0 Å². The maximum atomic E-state index is 13.5. The van der Waals surface area contributed by atoms with Gasteiger partial charge in [-0.05, 0) is 50.7 Å². The van der Waals surface area contributed by atoms with E-state index in [1.54, 1.807) is 12.1 Å². The van der Waals surface area contributed by atoms with Crippen molar-refractivity contribution in [3.05, 3.63) is 35.4 Å². The summed E-state index contributed by atoms with van der Waals surface area (Å²) in [7, 11) is 0. The first-order valence-corrected chi connectivity index (χ1v) is 17.6. The molecule has 0 aliphatic carbocycles. The molecule has 10 nitrogen and oxygen atoms in total. The van der Waals surface area contributed by atoms with Crippen LogP contribution < -0.4 is 0 Å². The van der Waals surface area contributed by atoms with Gasteiger partial charge >= 0.3 is 23.9 Å². The standard InChI is InChI=1S/C36H62O10/c1-7-13-23-41-35(42-24-14-8-2,43-25-15-9-3)29-39-33(37)31-21-19-20-22-32(31)34(38)40-30-36(44-26-16-10-4,45-27-17-11-5)46-28-18-12-6/h19-22H,7-18,23-30H2,1-6H3. The van der Waals surface area contributed by atoms with E-state index in [1.807, 2.05) is 0 Å². The third kappa shape index (κ3) is 16.7. The molecule has 0 aliphatic rings. The number of carbonyl (C=O) groups excluding carboxylic acids is 2. The van der Waals surface area contributed by atoms with Crippen molar-refractivity contribution in [2.75, 3.05) is 52.9 Å². The van der Waals surface area contributed by atoms with Gasteiger partial charge in [0, 0.05) is 0 Å². The fraction of sp³-hybridized carbons (Fsp3) is 0.778. The average Bonchev–Trinajstić information content (AvgIpc) is 3.06. The van der Waals surface area contributed by atoms with Crippen molar-refractivity contribution < 1.29 is 47.5 Å². The van der Waals surface area contributed by atoms with Crippen molar-refractivity contribution >= 4 is 11.9 Å². The van der Waals surface area contributed by atoms with Gasteiger partial charge in [-0.25, -0.2) is 9.59 Å². The van der Waals surface area contributed by atoms with Crippen LogP contribution in [-0.4, -0.2) is 76.7 Å². The van der Waals surface area contributed by atoms with Gasteiger partial charge in [0.1, 0.15) is 0 Å². The van der Waals surface area contributed by atoms with Crippen molar-refractivity contribution in [1.82, 2.24) is 0 Å². The van der Waals surface area contributed by atoms with E-state index in [4.69, 9.17) is 37.9 Å². The minimum absolute atomic E-state index is 0.0494. The van der Waals surface area contributed by atoms with Gasteiger partial charge in [-0.2, -0.15) is 0 Å². The molecular formula is C36H62O10. The largest absolute Gasteiger partial charge is 0.453 e. The molecule has 0 aliphatic heterocycles. The number of rotatable bonds is 30. The van der Waals surface area contributed by atoms with E-state index in [0.29, 0.717) is 39.6 Å². The number of carbonyl (C=O) groups is 2. The lowest BCUT2D eigenvalue weighted by atomic mass is 10.1. The number of hydrogen-bond acceptors (Lipinski definition) is 10. The van der Waals surface area contributed by atoms with Crippen molar-refractivity contribution in [2.45, 2.75) is 131 Å². The van der Waals surface area contributed by atoms with E-state index in [2.05, 4.69) is 41.5 Å². The molecule has 0 amide bonds. The van der Waals surface area contributed by atoms with Gasteiger partial charge in [-0.1, -0.05) is 92.2 Å². The van der Waals surface area contributed by atoms with E-state index in [0.717, 1.165) is 77.0 Å². The first kappa shape index (κ1) is 41.9. The highest BCUT2D eigenvalue weighted by Crippen LogP contribution is 2.23. The Hall–Kier alpha value is -2.08. The summed E-state index contributed by atoms with van der Waals surface area (Å²) in [6.07, 6.45) is 10.3. The van der Waals surface area contributed by atoms with Crippen LogP contribution in [0.1, 0.15) is 139 Å². The molecule has 0 atom stereocenters. The van der Waals surface area contributed by atoms with Gasteiger partial charge in [-0.15, -0.1) is 0 Å². The Labute approximate surface area is 278 Å². The smallest absolute Gasteiger partial charge is 0.339 e. The van der Waals surface area contributed by atoms with E-state index in [9.17, 15) is 9.59 Å². The molecule has 10 heteroatoms. The molecule has 0 aromatic heterocycles. The van der Waals surface area contributed by atoms with Crippen LogP contribution in [0.2, 0.25) is 0 Å². The van der Waals surface area contributed by atoms with E-state index in [1.165, 1.54) is 12.1 Å². The Morgan fingerprint density at radius 2 is 0.696 bits per heavy atom.